The summed E-state index contributed by atoms with van der Waals surface area (Å²) < 4.78 is 43.5. The maximum atomic E-state index is 12.9. The molecule has 0 bridgehead atoms. The standard InChI is InChI=1S/C15H16F3N3O2.C14H18N2/c1-9-5-4-6-10(7-9)19-13(22)20-12-8-11(23-21-12)14(2,3)15(16,17)18;1-4-6-12-7-13-10(3)15-9-16-14(13)8-11(12)5-2/h4-8H,1-3H3,(H2,19,20,21,22);7-9H,4-6H2,1-3H3. The molecule has 0 unspecified atom stereocenters. The van der Waals surface area contributed by atoms with E-state index in [0.29, 0.717) is 5.69 Å². The number of carbonyl (C=O) groups is 1. The molecule has 0 aliphatic heterocycles. The summed E-state index contributed by atoms with van der Waals surface area (Å²) in [5, 5.41) is 9.53. The normalized spacial score (nSPS) is 11.6. The number of benzene rings is 2. The van der Waals surface area contributed by atoms with E-state index in [1.54, 1.807) is 24.5 Å². The molecule has 39 heavy (non-hydrogen) atoms. The lowest BCUT2D eigenvalue weighted by Gasteiger charge is -2.24. The Morgan fingerprint density at radius 3 is 2.36 bits per heavy atom. The second kappa shape index (κ2) is 12.3. The van der Waals surface area contributed by atoms with Gasteiger partial charge in [-0.05, 0) is 81.5 Å². The minimum atomic E-state index is -4.49. The van der Waals surface area contributed by atoms with Crippen molar-refractivity contribution in [1.82, 2.24) is 15.1 Å². The van der Waals surface area contributed by atoms with E-state index in [9.17, 15) is 18.0 Å². The van der Waals surface area contributed by atoms with Gasteiger partial charge >= 0.3 is 12.2 Å². The van der Waals surface area contributed by atoms with Gasteiger partial charge in [0, 0.05) is 22.8 Å². The van der Waals surface area contributed by atoms with E-state index in [4.69, 9.17) is 4.52 Å². The summed E-state index contributed by atoms with van der Waals surface area (Å²) in [6.07, 6.45) is 0.567. The number of nitrogens with zero attached hydrogens (tertiary/aromatic N) is 3. The van der Waals surface area contributed by atoms with Crippen molar-refractivity contribution in [3.05, 3.63) is 76.9 Å². The van der Waals surface area contributed by atoms with E-state index in [-0.39, 0.29) is 11.6 Å². The molecule has 2 aromatic carbocycles. The zero-order valence-corrected chi connectivity index (χ0v) is 23.0. The quantitative estimate of drug-likeness (QED) is 0.259. The molecule has 0 atom stereocenters. The molecule has 4 aromatic rings. The Kier molecular flexibility index (Phi) is 9.32. The minimum absolute atomic E-state index is 0.0949. The van der Waals surface area contributed by atoms with Crippen LogP contribution in [0.1, 0.15) is 62.3 Å². The Morgan fingerprint density at radius 2 is 1.72 bits per heavy atom. The highest BCUT2D eigenvalue weighted by molar-refractivity contribution is 5.99. The van der Waals surface area contributed by atoms with Gasteiger partial charge in [-0.25, -0.2) is 14.8 Å². The number of hydrogen-bond donors (Lipinski definition) is 2. The summed E-state index contributed by atoms with van der Waals surface area (Å²) >= 11 is 0. The van der Waals surface area contributed by atoms with Gasteiger partial charge in [-0.2, -0.15) is 13.2 Å². The van der Waals surface area contributed by atoms with Gasteiger partial charge in [0.15, 0.2) is 11.6 Å². The van der Waals surface area contributed by atoms with Crippen LogP contribution >= 0.6 is 0 Å². The highest BCUT2D eigenvalue weighted by Gasteiger charge is 2.51. The zero-order chi connectivity index (χ0) is 28.8. The van der Waals surface area contributed by atoms with Gasteiger partial charge < -0.3 is 9.84 Å². The molecule has 4 rings (SSSR count). The first-order valence-corrected chi connectivity index (χ1v) is 12.8. The predicted octanol–water partition coefficient (Wildman–Crippen LogP) is 7.92. The largest absolute Gasteiger partial charge is 0.401 e. The lowest BCUT2D eigenvalue weighted by Crippen LogP contribution is -2.35. The number of aryl methyl sites for hydroxylation is 4. The fourth-order valence-corrected chi connectivity index (χ4v) is 3.92. The van der Waals surface area contributed by atoms with Crippen molar-refractivity contribution < 1.29 is 22.5 Å². The first kappa shape index (κ1) is 29.6. The molecule has 0 saturated carbocycles. The molecular weight excluding hydrogens is 507 g/mol. The van der Waals surface area contributed by atoms with Crippen molar-refractivity contribution in [3.63, 3.8) is 0 Å². The van der Waals surface area contributed by atoms with Crippen LogP contribution in [0.5, 0.6) is 0 Å². The van der Waals surface area contributed by atoms with Crippen LogP contribution in [0, 0.1) is 13.8 Å². The topological polar surface area (TPSA) is 92.9 Å². The molecule has 2 aromatic heterocycles. The average Bonchev–Trinajstić information content (AvgIpc) is 3.33. The molecule has 0 aliphatic carbocycles. The summed E-state index contributed by atoms with van der Waals surface area (Å²) in [5.41, 5.74) is 4.34. The first-order chi connectivity index (χ1) is 18.3. The lowest BCUT2D eigenvalue weighted by molar-refractivity contribution is -0.185. The molecule has 0 spiro atoms. The fourth-order valence-electron chi connectivity index (χ4n) is 3.92. The molecule has 0 fully saturated rings. The van der Waals surface area contributed by atoms with Crippen molar-refractivity contribution in [2.24, 2.45) is 0 Å². The number of hydrogen-bond acceptors (Lipinski definition) is 5. The van der Waals surface area contributed by atoms with Crippen molar-refractivity contribution in [1.29, 1.82) is 0 Å². The number of urea groups is 1. The molecule has 0 saturated heterocycles. The number of anilines is 2. The third-order valence-corrected chi connectivity index (χ3v) is 6.41. The van der Waals surface area contributed by atoms with E-state index in [1.807, 2.05) is 19.9 Å². The van der Waals surface area contributed by atoms with Gasteiger partial charge in [-0.15, -0.1) is 0 Å². The van der Waals surface area contributed by atoms with Crippen molar-refractivity contribution in [2.45, 2.75) is 72.4 Å². The van der Waals surface area contributed by atoms with Gasteiger partial charge in [-0.3, -0.25) is 5.32 Å². The maximum absolute atomic E-state index is 12.9. The molecule has 208 valence electrons. The van der Waals surface area contributed by atoms with Gasteiger partial charge in [0.2, 0.25) is 0 Å². The molecule has 2 heterocycles. The van der Waals surface area contributed by atoms with E-state index in [0.717, 1.165) is 49.5 Å². The highest BCUT2D eigenvalue weighted by atomic mass is 19.4. The summed E-state index contributed by atoms with van der Waals surface area (Å²) in [7, 11) is 0. The van der Waals surface area contributed by atoms with Gasteiger partial charge in [0.05, 0.1) is 5.52 Å². The van der Waals surface area contributed by atoms with Crippen LogP contribution in [-0.4, -0.2) is 27.3 Å². The number of rotatable bonds is 6. The van der Waals surface area contributed by atoms with Crippen molar-refractivity contribution in [3.8, 4) is 0 Å². The number of fused-ring (bicyclic) bond motifs is 1. The van der Waals surface area contributed by atoms with Crippen LogP contribution in [0.3, 0.4) is 0 Å². The van der Waals surface area contributed by atoms with Crippen LogP contribution < -0.4 is 10.6 Å². The number of amides is 2. The highest BCUT2D eigenvalue weighted by Crippen LogP contribution is 2.41. The first-order valence-electron chi connectivity index (χ1n) is 12.8. The molecule has 0 radical (unpaired) electrons. The number of nitrogens with one attached hydrogen (secondary N) is 2. The van der Waals surface area contributed by atoms with Crippen LogP contribution in [0.25, 0.3) is 10.9 Å². The van der Waals surface area contributed by atoms with Crippen molar-refractivity contribution >= 4 is 28.4 Å². The Bertz CT molecular complexity index is 1430. The lowest BCUT2D eigenvalue weighted by atomic mass is 9.89. The smallest absolute Gasteiger partial charge is 0.358 e. The monoisotopic (exact) mass is 541 g/mol. The summed E-state index contributed by atoms with van der Waals surface area (Å²) in [5.74, 6) is -0.474. The Labute approximate surface area is 226 Å². The summed E-state index contributed by atoms with van der Waals surface area (Å²) in [4.78, 5) is 20.4. The molecule has 2 amide bonds. The SMILES string of the molecule is CCCc1cc2c(C)ncnc2cc1CC.Cc1cccc(NC(=O)Nc2cc(C(C)(C)C(F)(F)F)on2)c1. The molecular formula is C29H34F3N5O2. The van der Waals surface area contributed by atoms with Gasteiger partial charge in [0.25, 0.3) is 0 Å². The van der Waals surface area contributed by atoms with Crippen LogP contribution in [0.2, 0.25) is 0 Å². The Hall–Kier alpha value is -3.95. The Balaban J connectivity index is 0.000000230. The number of alkyl halides is 3. The third kappa shape index (κ3) is 7.34. The van der Waals surface area contributed by atoms with E-state index < -0.39 is 17.6 Å². The van der Waals surface area contributed by atoms with Crippen LogP contribution in [0.15, 0.2) is 53.3 Å². The third-order valence-electron chi connectivity index (χ3n) is 6.41. The number of aromatic nitrogens is 3. The molecule has 7 nitrogen and oxygen atoms in total. The van der Waals surface area contributed by atoms with Gasteiger partial charge in [-0.1, -0.05) is 37.6 Å². The van der Waals surface area contributed by atoms with E-state index >= 15 is 0 Å². The molecule has 10 heteroatoms. The number of halogens is 3. The van der Waals surface area contributed by atoms with Crippen LogP contribution in [-0.2, 0) is 18.3 Å². The predicted molar refractivity (Wildman–Crippen MR) is 147 cm³/mol. The summed E-state index contributed by atoms with van der Waals surface area (Å²) in [6.45, 7) is 10.3. The molecule has 0 aliphatic rings. The van der Waals surface area contributed by atoms with E-state index in [1.165, 1.54) is 22.9 Å². The minimum Gasteiger partial charge on any atom is -0.358 e. The fraction of sp³-hybridized carbons (Fsp3) is 0.379. The average molecular weight is 542 g/mol. The Morgan fingerprint density at radius 1 is 0.974 bits per heavy atom. The second-order valence-electron chi connectivity index (χ2n) is 9.85. The zero-order valence-electron chi connectivity index (χ0n) is 23.0. The van der Waals surface area contributed by atoms with Gasteiger partial charge in [0.1, 0.15) is 11.7 Å². The number of carbonyl (C=O) groups excluding carboxylic acids is 1. The molecule has 2 N–H and O–H groups in total. The maximum Gasteiger partial charge on any atom is 0.401 e. The second-order valence-corrected chi connectivity index (χ2v) is 9.85. The van der Waals surface area contributed by atoms with Crippen molar-refractivity contribution in [2.75, 3.05) is 10.6 Å². The summed E-state index contributed by atoms with van der Waals surface area (Å²) in [6, 6.07) is 12.0. The van der Waals surface area contributed by atoms with Crippen LogP contribution in [0.4, 0.5) is 29.5 Å². The van der Waals surface area contributed by atoms with E-state index in [2.05, 4.69) is 51.7 Å².